The number of carbonyl (C=O) groups is 2. The second-order valence-corrected chi connectivity index (χ2v) is 4.60. The Balaban J connectivity index is 2.10. The van der Waals surface area contributed by atoms with Crippen molar-refractivity contribution in [3.05, 3.63) is 66.2 Å². The van der Waals surface area contributed by atoms with Crippen molar-refractivity contribution in [1.82, 2.24) is 5.48 Å². The van der Waals surface area contributed by atoms with Gasteiger partial charge in [0.05, 0.1) is 13.2 Å². The first-order chi connectivity index (χ1) is 11.2. The van der Waals surface area contributed by atoms with Crippen molar-refractivity contribution in [3.63, 3.8) is 0 Å². The van der Waals surface area contributed by atoms with Crippen molar-refractivity contribution in [2.24, 2.45) is 0 Å². The monoisotopic (exact) mass is 314 g/mol. The zero-order valence-corrected chi connectivity index (χ0v) is 12.8. The number of benzene rings is 2. The molecule has 0 atom stereocenters. The van der Waals surface area contributed by atoms with Crippen LogP contribution < -0.4 is 10.4 Å². The summed E-state index contributed by atoms with van der Waals surface area (Å²) in [5.41, 5.74) is 3.56. The van der Waals surface area contributed by atoms with Crippen LogP contribution in [0.3, 0.4) is 0 Å². The van der Waals surface area contributed by atoms with Gasteiger partial charge < -0.3 is 9.57 Å². The van der Waals surface area contributed by atoms with Gasteiger partial charge in [0.1, 0.15) is 0 Å². The van der Waals surface area contributed by atoms with Gasteiger partial charge >= 0.3 is 12.2 Å². The number of hydrogen-bond acceptors (Lipinski definition) is 4. The smallest absolute Gasteiger partial charge is 0.440 e. The van der Waals surface area contributed by atoms with Gasteiger partial charge in [0.25, 0.3) is 0 Å². The number of hydrogen-bond donors (Lipinski definition) is 1. The molecular formula is C17H18N2O4. The molecule has 0 spiro atoms. The fraction of sp³-hybridized carbons (Fsp3) is 0.176. The first-order valence-corrected chi connectivity index (χ1v) is 7.20. The van der Waals surface area contributed by atoms with Crippen molar-refractivity contribution in [2.75, 3.05) is 11.5 Å². The van der Waals surface area contributed by atoms with E-state index in [-0.39, 0.29) is 6.61 Å². The van der Waals surface area contributed by atoms with Crippen molar-refractivity contribution in [3.8, 4) is 0 Å². The number of ether oxygens (including phenoxy) is 1. The van der Waals surface area contributed by atoms with E-state index in [0.717, 1.165) is 5.56 Å². The average molecular weight is 314 g/mol. The summed E-state index contributed by atoms with van der Waals surface area (Å²) in [6.07, 6.45) is -1.51. The highest BCUT2D eigenvalue weighted by Gasteiger charge is 2.19. The highest BCUT2D eigenvalue weighted by atomic mass is 16.7. The van der Waals surface area contributed by atoms with E-state index in [1.165, 1.54) is 4.90 Å². The van der Waals surface area contributed by atoms with E-state index in [0.29, 0.717) is 12.2 Å². The SMILES string of the molecule is CCOC(=O)NOC(=O)N(Cc1ccccc1)c1ccccc1. The fourth-order valence-electron chi connectivity index (χ4n) is 1.94. The first-order valence-electron chi connectivity index (χ1n) is 7.20. The Hall–Kier alpha value is -3.02. The van der Waals surface area contributed by atoms with Gasteiger partial charge in [0.15, 0.2) is 0 Å². The maximum atomic E-state index is 12.3. The van der Waals surface area contributed by atoms with Gasteiger partial charge in [-0.2, -0.15) is 0 Å². The molecular weight excluding hydrogens is 296 g/mol. The predicted molar refractivity (Wildman–Crippen MR) is 85.7 cm³/mol. The lowest BCUT2D eigenvalue weighted by molar-refractivity contribution is 0.0690. The Morgan fingerprint density at radius 3 is 2.22 bits per heavy atom. The number of nitrogens with one attached hydrogen (secondary N) is 1. The first kappa shape index (κ1) is 16.4. The van der Waals surface area contributed by atoms with Gasteiger partial charge in [-0.1, -0.05) is 48.5 Å². The average Bonchev–Trinajstić information content (AvgIpc) is 2.59. The molecule has 23 heavy (non-hydrogen) atoms. The molecule has 0 fully saturated rings. The molecule has 0 heterocycles. The number of amides is 2. The maximum absolute atomic E-state index is 12.3. The summed E-state index contributed by atoms with van der Waals surface area (Å²) in [7, 11) is 0. The zero-order valence-electron chi connectivity index (χ0n) is 12.8. The molecule has 0 aliphatic carbocycles. The Morgan fingerprint density at radius 2 is 1.61 bits per heavy atom. The van der Waals surface area contributed by atoms with E-state index in [1.54, 1.807) is 19.1 Å². The molecule has 2 amide bonds. The quantitative estimate of drug-likeness (QED) is 0.877. The van der Waals surface area contributed by atoms with Crippen LogP contribution in [-0.4, -0.2) is 18.8 Å². The topological polar surface area (TPSA) is 67.9 Å². The molecule has 2 rings (SSSR count). The van der Waals surface area contributed by atoms with E-state index in [2.05, 4.69) is 4.74 Å². The summed E-state index contributed by atoms with van der Waals surface area (Å²) in [5, 5.41) is 0. The molecule has 1 N–H and O–H groups in total. The van der Waals surface area contributed by atoms with Gasteiger partial charge in [-0.3, -0.25) is 4.90 Å². The lowest BCUT2D eigenvalue weighted by Crippen LogP contribution is -2.37. The molecule has 6 nitrogen and oxygen atoms in total. The van der Waals surface area contributed by atoms with Crippen LogP contribution in [0.15, 0.2) is 60.7 Å². The lowest BCUT2D eigenvalue weighted by atomic mass is 10.2. The number of nitrogens with zero attached hydrogens (tertiary/aromatic N) is 1. The Labute approximate surface area is 134 Å². The number of carbonyl (C=O) groups excluding carboxylic acids is 2. The molecule has 120 valence electrons. The number of anilines is 1. The van der Waals surface area contributed by atoms with E-state index in [9.17, 15) is 9.59 Å². The van der Waals surface area contributed by atoms with Gasteiger partial charge in [0.2, 0.25) is 0 Å². The summed E-state index contributed by atoms with van der Waals surface area (Å²) in [6, 6.07) is 18.6. The molecule has 0 radical (unpaired) electrons. The van der Waals surface area contributed by atoms with Crippen LogP contribution in [0.25, 0.3) is 0 Å². The highest BCUT2D eigenvalue weighted by molar-refractivity contribution is 5.88. The molecule has 0 saturated carbocycles. The molecule has 0 bridgehead atoms. The van der Waals surface area contributed by atoms with Crippen LogP contribution in [0.2, 0.25) is 0 Å². The molecule has 0 aromatic heterocycles. The third-order valence-corrected chi connectivity index (χ3v) is 2.97. The van der Waals surface area contributed by atoms with Gasteiger partial charge in [-0.05, 0) is 24.6 Å². The van der Waals surface area contributed by atoms with Crippen LogP contribution in [0.5, 0.6) is 0 Å². The number of para-hydroxylation sites is 1. The Bertz CT molecular complexity index is 632. The summed E-state index contributed by atoms with van der Waals surface area (Å²) >= 11 is 0. The van der Waals surface area contributed by atoms with Crippen molar-refractivity contribution >= 4 is 17.9 Å². The minimum atomic E-state index is -0.812. The largest absolute Gasteiger partial charge is 0.448 e. The standard InChI is InChI=1S/C17H18N2O4/c1-2-22-16(20)18-23-17(21)19(15-11-7-4-8-12-15)13-14-9-5-3-6-10-14/h3-12H,2,13H2,1H3,(H,18,20). The number of rotatable bonds is 4. The van der Waals surface area contributed by atoms with Gasteiger partial charge in [0, 0.05) is 5.69 Å². The van der Waals surface area contributed by atoms with Crippen LogP contribution in [-0.2, 0) is 16.1 Å². The fourth-order valence-corrected chi connectivity index (χ4v) is 1.94. The third kappa shape index (κ3) is 5.03. The second-order valence-electron chi connectivity index (χ2n) is 4.60. The van der Waals surface area contributed by atoms with E-state index < -0.39 is 12.2 Å². The predicted octanol–water partition coefficient (Wildman–Crippen LogP) is 3.49. The van der Waals surface area contributed by atoms with Crippen molar-refractivity contribution in [1.29, 1.82) is 0 Å². The maximum Gasteiger partial charge on any atom is 0.440 e. The summed E-state index contributed by atoms with van der Waals surface area (Å²) in [6.45, 7) is 2.16. The minimum Gasteiger partial charge on any atom is -0.448 e. The Kier molecular flexibility index (Phi) is 5.99. The molecule has 2 aromatic rings. The summed E-state index contributed by atoms with van der Waals surface area (Å²) in [4.78, 5) is 29.8. The zero-order chi connectivity index (χ0) is 16.5. The van der Waals surface area contributed by atoms with Crippen molar-refractivity contribution in [2.45, 2.75) is 13.5 Å². The normalized spacial score (nSPS) is 9.78. The summed E-state index contributed by atoms with van der Waals surface area (Å²) < 4.78 is 4.65. The summed E-state index contributed by atoms with van der Waals surface area (Å²) in [5.74, 6) is 0. The lowest BCUT2D eigenvalue weighted by Gasteiger charge is -2.21. The van der Waals surface area contributed by atoms with Crippen LogP contribution >= 0.6 is 0 Å². The highest BCUT2D eigenvalue weighted by Crippen LogP contribution is 2.17. The van der Waals surface area contributed by atoms with Gasteiger partial charge in [-0.25, -0.2) is 9.59 Å². The molecule has 0 saturated heterocycles. The Morgan fingerprint density at radius 1 is 1.00 bits per heavy atom. The van der Waals surface area contributed by atoms with E-state index in [1.807, 2.05) is 54.0 Å². The van der Waals surface area contributed by atoms with Crippen molar-refractivity contribution < 1.29 is 19.2 Å². The van der Waals surface area contributed by atoms with E-state index in [4.69, 9.17) is 4.84 Å². The second kappa shape index (κ2) is 8.43. The molecule has 0 unspecified atom stereocenters. The molecule has 0 aliphatic rings. The third-order valence-electron chi connectivity index (χ3n) is 2.97. The van der Waals surface area contributed by atoms with E-state index >= 15 is 0 Å². The van der Waals surface area contributed by atoms with Crippen LogP contribution in [0.4, 0.5) is 15.3 Å². The minimum absolute atomic E-state index is 0.190. The molecule has 2 aromatic carbocycles. The van der Waals surface area contributed by atoms with Crippen LogP contribution in [0, 0.1) is 0 Å². The molecule has 6 heteroatoms. The molecule has 0 aliphatic heterocycles. The van der Waals surface area contributed by atoms with Gasteiger partial charge in [-0.15, -0.1) is 5.48 Å². The van der Waals surface area contributed by atoms with Crippen LogP contribution in [0.1, 0.15) is 12.5 Å². The number of hydroxylamine groups is 1.